The van der Waals surface area contributed by atoms with Gasteiger partial charge in [0, 0.05) is 43.4 Å². The summed E-state index contributed by atoms with van der Waals surface area (Å²) in [5.41, 5.74) is 1.21. The lowest BCUT2D eigenvalue weighted by atomic mass is 10.2. The number of nitro groups is 1. The average molecular weight is 423 g/mol. The highest BCUT2D eigenvalue weighted by Crippen LogP contribution is 2.35. The fraction of sp³-hybridized carbons (Fsp3) is 0.300. The molecule has 1 aliphatic heterocycles. The summed E-state index contributed by atoms with van der Waals surface area (Å²) in [4.78, 5) is 39.4. The standard InChI is InChI=1S/C20H21N7O4/c1-2-31-20(28)26-11-9-25(10-12-26)19-17(27(29)30)18(22-13-23-19)24-16-7-3-6-15-14(16)5-4-8-21-15/h3-8,13H,2,9-12H2,1H3,(H,22,23,24). The van der Waals surface area contributed by atoms with E-state index in [9.17, 15) is 14.9 Å². The molecule has 0 radical (unpaired) electrons. The molecule has 160 valence electrons. The van der Waals surface area contributed by atoms with Gasteiger partial charge in [0.25, 0.3) is 0 Å². The van der Waals surface area contributed by atoms with Crippen molar-refractivity contribution >= 4 is 40.0 Å². The number of anilines is 3. The number of pyridine rings is 1. The van der Waals surface area contributed by atoms with Crippen LogP contribution in [0.25, 0.3) is 10.9 Å². The van der Waals surface area contributed by atoms with Gasteiger partial charge in [-0.25, -0.2) is 14.8 Å². The van der Waals surface area contributed by atoms with Gasteiger partial charge in [0.15, 0.2) is 0 Å². The van der Waals surface area contributed by atoms with Gasteiger partial charge in [-0.15, -0.1) is 0 Å². The first-order valence-electron chi connectivity index (χ1n) is 9.85. The lowest BCUT2D eigenvalue weighted by Gasteiger charge is -2.34. The monoisotopic (exact) mass is 423 g/mol. The van der Waals surface area contributed by atoms with Crippen molar-refractivity contribution in [2.24, 2.45) is 0 Å². The number of amides is 1. The molecule has 1 fully saturated rings. The molecule has 31 heavy (non-hydrogen) atoms. The second-order valence-corrected chi connectivity index (χ2v) is 6.83. The molecule has 1 aromatic carbocycles. The molecule has 0 saturated carbocycles. The molecule has 11 heteroatoms. The molecule has 1 saturated heterocycles. The van der Waals surface area contributed by atoms with Crippen molar-refractivity contribution in [1.82, 2.24) is 19.9 Å². The molecular formula is C20H21N7O4. The molecule has 1 aliphatic rings. The van der Waals surface area contributed by atoms with E-state index in [1.165, 1.54) is 6.33 Å². The van der Waals surface area contributed by atoms with E-state index in [2.05, 4.69) is 20.3 Å². The molecule has 3 aromatic rings. The first-order chi connectivity index (χ1) is 15.1. The fourth-order valence-electron chi connectivity index (χ4n) is 3.52. The minimum atomic E-state index is -0.487. The van der Waals surface area contributed by atoms with Crippen molar-refractivity contribution in [3.05, 3.63) is 53.0 Å². The Bertz CT molecular complexity index is 1110. The smallest absolute Gasteiger partial charge is 0.409 e. The summed E-state index contributed by atoms with van der Waals surface area (Å²) in [5.74, 6) is 0.309. The third-order valence-corrected chi connectivity index (χ3v) is 4.99. The summed E-state index contributed by atoms with van der Waals surface area (Å²) in [7, 11) is 0. The van der Waals surface area contributed by atoms with Crippen LogP contribution >= 0.6 is 0 Å². The van der Waals surface area contributed by atoms with Gasteiger partial charge in [-0.2, -0.15) is 0 Å². The zero-order valence-corrected chi connectivity index (χ0v) is 16.9. The fourth-order valence-corrected chi connectivity index (χ4v) is 3.52. The first kappa shape index (κ1) is 20.3. The van der Waals surface area contributed by atoms with Crippen LogP contribution in [0, 0.1) is 10.1 Å². The summed E-state index contributed by atoms with van der Waals surface area (Å²) in [5, 5.41) is 15.9. The number of rotatable bonds is 5. The van der Waals surface area contributed by atoms with Gasteiger partial charge < -0.3 is 19.9 Å². The van der Waals surface area contributed by atoms with Crippen LogP contribution in [0.4, 0.5) is 27.8 Å². The molecule has 0 aliphatic carbocycles. The predicted molar refractivity (Wildman–Crippen MR) is 115 cm³/mol. The summed E-state index contributed by atoms with van der Waals surface area (Å²) in [6.45, 7) is 3.62. The molecule has 2 aromatic heterocycles. The van der Waals surface area contributed by atoms with Crippen molar-refractivity contribution in [1.29, 1.82) is 0 Å². The molecule has 0 unspecified atom stereocenters. The SMILES string of the molecule is CCOC(=O)N1CCN(c2ncnc(Nc3cccc4ncccc34)c2[N+](=O)[O-])CC1. The van der Waals surface area contributed by atoms with Crippen LogP contribution in [0.3, 0.4) is 0 Å². The molecule has 0 spiro atoms. The Labute approximate surface area is 177 Å². The molecular weight excluding hydrogens is 402 g/mol. The Morgan fingerprint density at radius 2 is 1.97 bits per heavy atom. The highest BCUT2D eigenvalue weighted by molar-refractivity contribution is 5.93. The quantitative estimate of drug-likeness (QED) is 0.487. The Balaban J connectivity index is 1.62. The number of nitrogens with one attached hydrogen (secondary N) is 1. The van der Waals surface area contributed by atoms with E-state index >= 15 is 0 Å². The zero-order valence-electron chi connectivity index (χ0n) is 16.9. The van der Waals surface area contributed by atoms with Crippen LogP contribution in [0.15, 0.2) is 42.9 Å². The number of hydrogen-bond acceptors (Lipinski definition) is 9. The molecule has 1 N–H and O–H groups in total. The maximum atomic E-state index is 12.0. The number of hydrogen-bond donors (Lipinski definition) is 1. The Hall–Kier alpha value is -4.02. The first-order valence-corrected chi connectivity index (χ1v) is 9.85. The van der Waals surface area contributed by atoms with Crippen molar-refractivity contribution < 1.29 is 14.5 Å². The number of ether oxygens (including phenoxy) is 1. The van der Waals surface area contributed by atoms with E-state index in [0.29, 0.717) is 38.5 Å². The largest absolute Gasteiger partial charge is 0.450 e. The molecule has 1 amide bonds. The van der Waals surface area contributed by atoms with Crippen LogP contribution < -0.4 is 10.2 Å². The number of benzene rings is 1. The summed E-state index contributed by atoms with van der Waals surface area (Å²) >= 11 is 0. The Kier molecular flexibility index (Phi) is 5.74. The summed E-state index contributed by atoms with van der Waals surface area (Å²) < 4.78 is 5.02. The van der Waals surface area contributed by atoms with Crippen LogP contribution in [-0.4, -0.2) is 63.7 Å². The topological polar surface area (TPSA) is 127 Å². The van der Waals surface area contributed by atoms with E-state index in [4.69, 9.17) is 4.74 Å². The van der Waals surface area contributed by atoms with Crippen LogP contribution in [-0.2, 0) is 4.74 Å². The van der Waals surface area contributed by atoms with Gasteiger partial charge in [-0.1, -0.05) is 6.07 Å². The molecule has 3 heterocycles. The van der Waals surface area contributed by atoms with E-state index in [1.54, 1.807) is 29.0 Å². The summed E-state index contributed by atoms with van der Waals surface area (Å²) in [6.07, 6.45) is 2.60. The highest BCUT2D eigenvalue weighted by atomic mass is 16.6. The molecule has 0 bridgehead atoms. The second kappa shape index (κ2) is 8.78. The number of carbonyl (C=O) groups excluding carboxylic acids is 1. The molecule has 4 rings (SSSR count). The molecule has 11 nitrogen and oxygen atoms in total. The second-order valence-electron chi connectivity index (χ2n) is 6.83. The highest BCUT2D eigenvalue weighted by Gasteiger charge is 2.30. The van der Waals surface area contributed by atoms with Crippen molar-refractivity contribution in [2.45, 2.75) is 6.92 Å². The zero-order chi connectivity index (χ0) is 21.8. The summed E-state index contributed by atoms with van der Waals surface area (Å²) in [6, 6.07) is 9.18. The van der Waals surface area contributed by atoms with Crippen molar-refractivity contribution in [3.63, 3.8) is 0 Å². The number of aromatic nitrogens is 3. The maximum absolute atomic E-state index is 12.0. The number of piperazine rings is 1. The van der Waals surface area contributed by atoms with Crippen molar-refractivity contribution in [3.8, 4) is 0 Å². The van der Waals surface area contributed by atoms with Crippen molar-refractivity contribution in [2.75, 3.05) is 43.0 Å². The van der Waals surface area contributed by atoms with Gasteiger partial charge in [0.1, 0.15) is 6.33 Å². The maximum Gasteiger partial charge on any atom is 0.409 e. The third kappa shape index (κ3) is 4.15. The van der Waals surface area contributed by atoms with Gasteiger partial charge in [0.05, 0.1) is 17.0 Å². The van der Waals surface area contributed by atoms with Gasteiger partial charge in [-0.05, 0) is 31.2 Å². The van der Waals surface area contributed by atoms with Crippen LogP contribution in [0.2, 0.25) is 0 Å². The number of nitrogens with zero attached hydrogens (tertiary/aromatic N) is 6. The van der Waals surface area contributed by atoms with Gasteiger partial charge in [-0.3, -0.25) is 15.1 Å². The lowest BCUT2D eigenvalue weighted by molar-refractivity contribution is -0.383. The van der Waals surface area contributed by atoms with E-state index in [-0.39, 0.29) is 23.4 Å². The minimum absolute atomic E-state index is 0.0965. The molecule has 0 atom stereocenters. The third-order valence-electron chi connectivity index (χ3n) is 4.99. The Morgan fingerprint density at radius 1 is 1.16 bits per heavy atom. The van der Waals surface area contributed by atoms with Gasteiger partial charge >= 0.3 is 11.8 Å². The Morgan fingerprint density at radius 3 is 2.71 bits per heavy atom. The number of fused-ring (bicyclic) bond motifs is 1. The van der Waals surface area contributed by atoms with E-state index in [0.717, 1.165) is 10.9 Å². The van der Waals surface area contributed by atoms with Crippen LogP contribution in [0.1, 0.15) is 6.92 Å². The average Bonchev–Trinajstić information content (AvgIpc) is 2.79. The van der Waals surface area contributed by atoms with E-state index in [1.807, 2.05) is 24.3 Å². The minimum Gasteiger partial charge on any atom is -0.450 e. The van der Waals surface area contributed by atoms with E-state index < -0.39 is 4.92 Å². The normalized spacial score (nSPS) is 13.8. The van der Waals surface area contributed by atoms with Crippen LogP contribution in [0.5, 0.6) is 0 Å². The lowest BCUT2D eigenvalue weighted by Crippen LogP contribution is -2.49. The number of carbonyl (C=O) groups is 1. The van der Waals surface area contributed by atoms with Gasteiger partial charge in [0.2, 0.25) is 11.6 Å². The predicted octanol–water partition coefficient (Wildman–Crippen LogP) is 2.96.